The topological polar surface area (TPSA) is 90.4 Å². The predicted octanol–water partition coefficient (Wildman–Crippen LogP) is 0.0592. The molecule has 0 unspecified atom stereocenters. The van der Waals surface area contributed by atoms with Gasteiger partial charge >= 0.3 is 11.2 Å². The summed E-state index contributed by atoms with van der Waals surface area (Å²) in [6.07, 6.45) is 0.940. The second-order valence-electron chi connectivity index (χ2n) is 2.14. The number of rotatable bonds is 1. The lowest BCUT2D eigenvalue weighted by Crippen LogP contribution is -2.17. The van der Waals surface area contributed by atoms with Gasteiger partial charge in [-0.15, -0.1) is 0 Å². The minimum atomic E-state index is -0.777. The normalized spacial score (nSPS) is 10.5. The number of hydrogen-bond donors (Lipinski definition) is 0. The molecule has 0 bridgehead atoms. The molecule has 7 nitrogen and oxygen atoms in total. The Kier molecular flexibility index (Phi) is 1.55. The van der Waals surface area contributed by atoms with Crippen LogP contribution in [-0.4, -0.2) is 19.5 Å². The van der Waals surface area contributed by atoms with Crippen LogP contribution in [0.2, 0.25) is 0 Å². The lowest BCUT2D eigenvalue weighted by atomic mass is 10.5. The fourth-order valence-corrected chi connectivity index (χ4v) is 1.43. The average Bonchev–Trinajstić information content (AvgIpc) is 2.52. The van der Waals surface area contributed by atoms with Gasteiger partial charge in [0.15, 0.2) is 0 Å². The third kappa shape index (κ3) is 1.07. The van der Waals surface area contributed by atoms with Crippen molar-refractivity contribution in [3.63, 3.8) is 0 Å². The van der Waals surface area contributed by atoms with Gasteiger partial charge in [0, 0.05) is 0 Å². The molecular formula is C5H2N4O3S. The zero-order valence-corrected chi connectivity index (χ0v) is 6.89. The summed E-state index contributed by atoms with van der Waals surface area (Å²) in [5, 5.41) is 13.9. The van der Waals surface area contributed by atoms with Gasteiger partial charge in [0.2, 0.25) is 4.96 Å². The van der Waals surface area contributed by atoms with Crippen LogP contribution >= 0.6 is 11.3 Å². The van der Waals surface area contributed by atoms with Crippen LogP contribution in [0.5, 0.6) is 0 Å². The first-order chi connectivity index (χ1) is 6.20. The van der Waals surface area contributed by atoms with Gasteiger partial charge < -0.3 is 0 Å². The summed E-state index contributed by atoms with van der Waals surface area (Å²) < 4.78 is 0.906. The fraction of sp³-hybridized carbons (Fsp3) is 0. The molecule has 0 atom stereocenters. The zero-order chi connectivity index (χ0) is 9.42. The van der Waals surface area contributed by atoms with Crippen LogP contribution in [0.3, 0.4) is 0 Å². The molecule has 0 aliphatic heterocycles. The van der Waals surface area contributed by atoms with Gasteiger partial charge in [-0.25, -0.2) is 4.98 Å². The molecule has 2 rings (SSSR count). The largest absolute Gasteiger partial charge is 0.354 e. The maximum Gasteiger partial charge on any atom is 0.354 e. The van der Waals surface area contributed by atoms with E-state index in [1.54, 1.807) is 0 Å². The molecule has 0 N–H and O–H groups in total. The minimum Gasteiger partial charge on any atom is -0.259 e. The second-order valence-corrected chi connectivity index (χ2v) is 2.95. The van der Waals surface area contributed by atoms with E-state index in [1.165, 1.54) is 5.51 Å². The van der Waals surface area contributed by atoms with Crippen molar-refractivity contribution in [1.82, 2.24) is 14.6 Å². The summed E-state index contributed by atoms with van der Waals surface area (Å²) in [6.45, 7) is 0. The van der Waals surface area contributed by atoms with Crippen LogP contribution < -0.4 is 5.56 Å². The lowest BCUT2D eigenvalue weighted by molar-refractivity contribution is -0.386. The SMILES string of the molecule is O=c1c([N+](=O)[O-])cnc2scnn12. The third-order valence-corrected chi connectivity index (χ3v) is 2.10. The number of aromatic nitrogens is 3. The summed E-state index contributed by atoms with van der Waals surface area (Å²) in [6, 6.07) is 0. The van der Waals surface area contributed by atoms with E-state index in [0.29, 0.717) is 4.96 Å². The van der Waals surface area contributed by atoms with Gasteiger partial charge in [0.05, 0.1) is 4.92 Å². The molecule has 0 saturated heterocycles. The van der Waals surface area contributed by atoms with Crippen LogP contribution in [0.25, 0.3) is 4.96 Å². The Balaban J connectivity index is 2.89. The fourth-order valence-electron chi connectivity index (χ4n) is 0.847. The smallest absolute Gasteiger partial charge is 0.259 e. The van der Waals surface area contributed by atoms with Crippen molar-refractivity contribution in [3.8, 4) is 0 Å². The van der Waals surface area contributed by atoms with E-state index in [0.717, 1.165) is 22.0 Å². The summed E-state index contributed by atoms with van der Waals surface area (Å²) >= 11 is 1.14. The molecule has 2 aromatic heterocycles. The Morgan fingerprint density at radius 1 is 1.62 bits per heavy atom. The maximum absolute atomic E-state index is 11.3. The van der Waals surface area contributed by atoms with E-state index in [4.69, 9.17) is 0 Å². The van der Waals surface area contributed by atoms with E-state index in [1.807, 2.05) is 0 Å². The van der Waals surface area contributed by atoms with Crippen molar-refractivity contribution >= 4 is 22.0 Å². The number of fused-ring (bicyclic) bond motifs is 1. The van der Waals surface area contributed by atoms with Crippen LogP contribution in [-0.2, 0) is 0 Å². The number of nitrogens with zero attached hydrogens (tertiary/aromatic N) is 4. The Morgan fingerprint density at radius 3 is 3.08 bits per heavy atom. The predicted molar refractivity (Wildman–Crippen MR) is 43.8 cm³/mol. The van der Waals surface area contributed by atoms with Crippen LogP contribution in [0.4, 0.5) is 5.69 Å². The van der Waals surface area contributed by atoms with Gasteiger partial charge in [-0.2, -0.15) is 9.61 Å². The van der Waals surface area contributed by atoms with E-state index in [9.17, 15) is 14.9 Å². The van der Waals surface area contributed by atoms with Crippen molar-refractivity contribution in [2.45, 2.75) is 0 Å². The van der Waals surface area contributed by atoms with E-state index < -0.39 is 16.2 Å². The lowest BCUT2D eigenvalue weighted by Gasteiger charge is -1.89. The molecule has 2 heterocycles. The quantitative estimate of drug-likeness (QED) is 0.477. The monoisotopic (exact) mass is 198 g/mol. The molecule has 2 aromatic rings. The average molecular weight is 198 g/mol. The van der Waals surface area contributed by atoms with Crippen LogP contribution in [0.1, 0.15) is 0 Å². The molecule has 13 heavy (non-hydrogen) atoms. The van der Waals surface area contributed by atoms with Gasteiger partial charge in [-0.3, -0.25) is 14.9 Å². The molecule has 0 saturated carbocycles. The molecule has 0 radical (unpaired) electrons. The van der Waals surface area contributed by atoms with Crippen molar-refractivity contribution in [2.24, 2.45) is 0 Å². The molecule has 66 valence electrons. The third-order valence-electron chi connectivity index (χ3n) is 1.41. The highest BCUT2D eigenvalue weighted by atomic mass is 32.1. The summed E-state index contributed by atoms with van der Waals surface area (Å²) in [4.78, 5) is 24.8. The summed E-state index contributed by atoms with van der Waals surface area (Å²) in [5.41, 5.74) is 0.0765. The number of nitro groups is 1. The molecular weight excluding hydrogens is 196 g/mol. The highest BCUT2D eigenvalue weighted by molar-refractivity contribution is 7.14. The standard InChI is InChI=1S/C5H2N4O3S/c10-4-3(9(11)12)1-6-5-8(4)7-2-13-5/h1-2H. The van der Waals surface area contributed by atoms with E-state index in [-0.39, 0.29) is 0 Å². The van der Waals surface area contributed by atoms with Crippen molar-refractivity contribution in [3.05, 3.63) is 32.2 Å². The van der Waals surface area contributed by atoms with Gasteiger partial charge in [0.25, 0.3) is 0 Å². The first kappa shape index (κ1) is 7.80. The highest BCUT2D eigenvalue weighted by Crippen LogP contribution is 2.06. The van der Waals surface area contributed by atoms with Crippen LogP contribution in [0.15, 0.2) is 16.5 Å². The molecule has 0 aliphatic carbocycles. The van der Waals surface area contributed by atoms with Gasteiger partial charge in [-0.1, -0.05) is 11.3 Å². The molecule has 0 amide bonds. The Hall–Kier alpha value is -1.83. The van der Waals surface area contributed by atoms with E-state index in [2.05, 4.69) is 10.1 Å². The van der Waals surface area contributed by atoms with Gasteiger partial charge in [0.1, 0.15) is 11.7 Å². The summed E-state index contributed by atoms with van der Waals surface area (Å²) in [7, 11) is 0. The number of hydrogen-bond acceptors (Lipinski definition) is 6. The van der Waals surface area contributed by atoms with Gasteiger partial charge in [-0.05, 0) is 0 Å². The molecule has 8 heteroatoms. The molecule has 0 fully saturated rings. The first-order valence-electron chi connectivity index (χ1n) is 3.16. The second kappa shape index (κ2) is 2.59. The Morgan fingerprint density at radius 2 is 2.38 bits per heavy atom. The first-order valence-corrected chi connectivity index (χ1v) is 4.04. The highest BCUT2D eigenvalue weighted by Gasteiger charge is 2.15. The Bertz CT molecular complexity index is 530. The van der Waals surface area contributed by atoms with Crippen molar-refractivity contribution in [2.75, 3.05) is 0 Å². The van der Waals surface area contributed by atoms with E-state index >= 15 is 0 Å². The van der Waals surface area contributed by atoms with Crippen LogP contribution in [0, 0.1) is 10.1 Å². The Labute approximate surface area is 74.4 Å². The molecule has 0 spiro atoms. The van der Waals surface area contributed by atoms with Crippen molar-refractivity contribution in [1.29, 1.82) is 0 Å². The molecule has 0 aliphatic rings. The molecule has 0 aromatic carbocycles. The minimum absolute atomic E-state index is 0.343. The van der Waals surface area contributed by atoms with Crippen molar-refractivity contribution < 1.29 is 4.92 Å². The summed E-state index contributed by atoms with van der Waals surface area (Å²) in [5.74, 6) is 0. The maximum atomic E-state index is 11.3. The zero-order valence-electron chi connectivity index (χ0n) is 6.08.